The maximum absolute atomic E-state index is 5.51. The molecule has 0 aliphatic rings. The molecule has 0 aliphatic heterocycles. The van der Waals surface area contributed by atoms with E-state index in [1.54, 1.807) is 0 Å². The van der Waals surface area contributed by atoms with E-state index in [4.69, 9.17) is 9.47 Å². The maximum atomic E-state index is 5.51. The third kappa shape index (κ3) is 11.8. The van der Waals surface area contributed by atoms with Crippen molar-refractivity contribution in [3.05, 3.63) is 6.92 Å². The van der Waals surface area contributed by atoms with Crippen molar-refractivity contribution in [1.82, 2.24) is 0 Å². The van der Waals surface area contributed by atoms with Crippen LogP contribution in [0.3, 0.4) is 0 Å². The molecule has 0 aromatic carbocycles. The molecule has 0 spiro atoms. The fourth-order valence-electron chi connectivity index (χ4n) is 1.48. The van der Waals surface area contributed by atoms with Crippen molar-refractivity contribution in [3.63, 3.8) is 0 Å². The van der Waals surface area contributed by atoms with Crippen molar-refractivity contribution in [3.8, 4) is 0 Å². The second-order valence-corrected chi connectivity index (χ2v) is 3.89. The molecule has 15 heavy (non-hydrogen) atoms. The first-order valence-corrected chi connectivity index (χ1v) is 6.33. The molecule has 0 saturated heterocycles. The van der Waals surface area contributed by atoms with Crippen molar-refractivity contribution in [2.24, 2.45) is 0 Å². The molecule has 0 heterocycles. The molecule has 0 fully saturated rings. The zero-order valence-electron chi connectivity index (χ0n) is 10.5. The van der Waals surface area contributed by atoms with Crippen LogP contribution in [-0.4, -0.2) is 25.9 Å². The monoisotopic (exact) mass is 215 g/mol. The minimum absolute atomic E-state index is 0.145. The van der Waals surface area contributed by atoms with Crippen LogP contribution in [0.25, 0.3) is 0 Å². The van der Waals surface area contributed by atoms with Gasteiger partial charge in [-0.3, -0.25) is 0 Å². The Balaban J connectivity index is 3.08. The number of hydrogen-bond acceptors (Lipinski definition) is 2. The maximum Gasteiger partial charge on any atom is 0.0704 e. The van der Waals surface area contributed by atoms with E-state index in [1.165, 1.54) is 32.1 Å². The summed E-state index contributed by atoms with van der Waals surface area (Å²) in [6.45, 7) is 10.3. The van der Waals surface area contributed by atoms with Crippen LogP contribution in [-0.2, 0) is 9.47 Å². The summed E-state index contributed by atoms with van der Waals surface area (Å²) in [5.41, 5.74) is 0. The van der Waals surface area contributed by atoms with E-state index < -0.39 is 0 Å². The molecule has 0 N–H and O–H groups in total. The molecular weight excluding hydrogens is 188 g/mol. The largest absolute Gasteiger partial charge is 0.379 e. The van der Waals surface area contributed by atoms with Crippen LogP contribution >= 0.6 is 0 Å². The van der Waals surface area contributed by atoms with Gasteiger partial charge < -0.3 is 9.47 Å². The summed E-state index contributed by atoms with van der Waals surface area (Å²) < 4.78 is 10.7. The third-order valence-corrected chi connectivity index (χ3v) is 2.42. The molecule has 91 valence electrons. The van der Waals surface area contributed by atoms with E-state index in [-0.39, 0.29) is 6.10 Å². The van der Waals surface area contributed by atoms with Crippen molar-refractivity contribution in [1.29, 1.82) is 0 Å². The zero-order chi connectivity index (χ0) is 11.4. The molecular formula is C13H27O2. The Kier molecular flexibility index (Phi) is 11.9. The molecule has 1 unspecified atom stereocenters. The third-order valence-electron chi connectivity index (χ3n) is 2.42. The van der Waals surface area contributed by atoms with Crippen LogP contribution in [0.4, 0.5) is 0 Å². The number of hydrogen-bond donors (Lipinski definition) is 0. The lowest BCUT2D eigenvalue weighted by atomic mass is 10.1. The van der Waals surface area contributed by atoms with E-state index in [0.29, 0.717) is 13.2 Å². The van der Waals surface area contributed by atoms with Gasteiger partial charge in [0.1, 0.15) is 0 Å². The average molecular weight is 215 g/mol. The summed E-state index contributed by atoms with van der Waals surface area (Å²) in [7, 11) is 0. The molecule has 0 aromatic heterocycles. The molecule has 0 saturated carbocycles. The van der Waals surface area contributed by atoms with Gasteiger partial charge in [-0.15, -0.1) is 0 Å². The SMILES string of the molecule is [CH2]C(CCCCCCC)OCCOCC. The minimum Gasteiger partial charge on any atom is -0.379 e. The van der Waals surface area contributed by atoms with Crippen molar-refractivity contribution in [2.45, 2.75) is 58.5 Å². The summed E-state index contributed by atoms with van der Waals surface area (Å²) in [5, 5.41) is 0. The summed E-state index contributed by atoms with van der Waals surface area (Å²) in [6.07, 6.45) is 7.79. The summed E-state index contributed by atoms with van der Waals surface area (Å²) in [4.78, 5) is 0. The summed E-state index contributed by atoms with van der Waals surface area (Å²) in [6, 6.07) is 0. The van der Waals surface area contributed by atoms with Gasteiger partial charge in [-0.25, -0.2) is 0 Å². The quantitative estimate of drug-likeness (QED) is 0.490. The van der Waals surface area contributed by atoms with Gasteiger partial charge in [0, 0.05) is 6.61 Å². The smallest absolute Gasteiger partial charge is 0.0704 e. The molecule has 2 nitrogen and oxygen atoms in total. The Hall–Kier alpha value is -0.0800. The van der Waals surface area contributed by atoms with Crippen LogP contribution in [0.2, 0.25) is 0 Å². The van der Waals surface area contributed by atoms with Crippen molar-refractivity contribution in [2.75, 3.05) is 19.8 Å². The number of rotatable bonds is 11. The fraction of sp³-hybridized carbons (Fsp3) is 0.923. The fourth-order valence-corrected chi connectivity index (χ4v) is 1.48. The molecule has 0 aromatic rings. The lowest BCUT2D eigenvalue weighted by molar-refractivity contribution is 0.0219. The van der Waals surface area contributed by atoms with Crippen molar-refractivity contribution < 1.29 is 9.47 Å². The Morgan fingerprint density at radius 2 is 1.73 bits per heavy atom. The normalized spacial score (nSPS) is 13.0. The van der Waals surface area contributed by atoms with Crippen LogP contribution in [0, 0.1) is 6.92 Å². The van der Waals surface area contributed by atoms with E-state index in [2.05, 4.69) is 13.8 Å². The number of ether oxygens (including phenoxy) is 2. The topological polar surface area (TPSA) is 18.5 Å². The van der Waals surface area contributed by atoms with Crippen LogP contribution < -0.4 is 0 Å². The van der Waals surface area contributed by atoms with Gasteiger partial charge in [0.2, 0.25) is 0 Å². The second kappa shape index (κ2) is 12.0. The van der Waals surface area contributed by atoms with Gasteiger partial charge in [-0.2, -0.15) is 0 Å². The molecule has 0 amide bonds. The lowest BCUT2D eigenvalue weighted by Gasteiger charge is -2.12. The Labute approximate surface area is 95.3 Å². The van der Waals surface area contributed by atoms with Gasteiger partial charge in [-0.1, -0.05) is 39.0 Å². The van der Waals surface area contributed by atoms with Crippen molar-refractivity contribution >= 4 is 0 Å². The Morgan fingerprint density at radius 3 is 2.40 bits per heavy atom. The second-order valence-electron chi connectivity index (χ2n) is 3.89. The Bertz CT molecular complexity index is 115. The van der Waals surface area contributed by atoms with E-state index in [0.717, 1.165) is 13.0 Å². The molecule has 0 aliphatic carbocycles. The van der Waals surface area contributed by atoms with Gasteiger partial charge >= 0.3 is 0 Å². The van der Waals surface area contributed by atoms with E-state index in [1.807, 2.05) is 6.92 Å². The standard InChI is InChI=1S/C13H27O2/c1-4-6-7-8-9-10-13(3)15-12-11-14-5-2/h13H,3-12H2,1-2H3. The number of unbranched alkanes of at least 4 members (excludes halogenated alkanes) is 4. The first kappa shape index (κ1) is 14.9. The predicted molar refractivity (Wildman–Crippen MR) is 65.0 cm³/mol. The van der Waals surface area contributed by atoms with Gasteiger partial charge in [0.25, 0.3) is 0 Å². The molecule has 0 rings (SSSR count). The highest BCUT2D eigenvalue weighted by Gasteiger charge is 2.01. The molecule has 1 atom stereocenters. The highest BCUT2D eigenvalue weighted by molar-refractivity contribution is 4.60. The molecule has 1 radical (unpaired) electrons. The minimum atomic E-state index is 0.145. The predicted octanol–water partition coefficient (Wildman–Crippen LogP) is 3.60. The summed E-state index contributed by atoms with van der Waals surface area (Å²) >= 11 is 0. The van der Waals surface area contributed by atoms with E-state index >= 15 is 0 Å². The van der Waals surface area contributed by atoms with Crippen LogP contribution in [0.15, 0.2) is 0 Å². The zero-order valence-corrected chi connectivity index (χ0v) is 10.5. The van der Waals surface area contributed by atoms with Gasteiger partial charge in [-0.05, 0) is 20.3 Å². The molecule has 0 bridgehead atoms. The van der Waals surface area contributed by atoms with Gasteiger partial charge in [0.15, 0.2) is 0 Å². The summed E-state index contributed by atoms with van der Waals surface area (Å²) in [5.74, 6) is 0. The molecule has 2 heteroatoms. The van der Waals surface area contributed by atoms with Crippen LogP contribution in [0.1, 0.15) is 52.4 Å². The van der Waals surface area contributed by atoms with Gasteiger partial charge in [0.05, 0.1) is 19.3 Å². The highest BCUT2D eigenvalue weighted by Crippen LogP contribution is 2.08. The highest BCUT2D eigenvalue weighted by atomic mass is 16.5. The lowest BCUT2D eigenvalue weighted by Crippen LogP contribution is -2.13. The Morgan fingerprint density at radius 1 is 1.00 bits per heavy atom. The first-order valence-electron chi connectivity index (χ1n) is 6.33. The van der Waals surface area contributed by atoms with Crippen LogP contribution in [0.5, 0.6) is 0 Å². The van der Waals surface area contributed by atoms with E-state index in [9.17, 15) is 0 Å². The first-order chi connectivity index (χ1) is 7.31. The average Bonchev–Trinajstić information content (AvgIpc) is 2.24.